The number of aromatic nitrogens is 2. The quantitative estimate of drug-likeness (QED) is 0.807. The lowest BCUT2D eigenvalue weighted by Gasteiger charge is -2.28. The van der Waals surface area contributed by atoms with Crippen LogP contribution >= 0.6 is 0 Å². The van der Waals surface area contributed by atoms with Gasteiger partial charge >= 0.3 is 0 Å². The van der Waals surface area contributed by atoms with Gasteiger partial charge in [0.15, 0.2) is 0 Å². The number of morpholine rings is 1. The van der Waals surface area contributed by atoms with Gasteiger partial charge in [-0.2, -0.15) is 0 Å². The van der Waals surface area contributed by atoms with E-state index < -0.39 is 0 Å². The average molecular weight is 394 g/mol. The number of nitrogens with zero attached hydrogens (tertiary/aromatic N) is 3. The van der Waals surface area contributed by atoms with Crippen LogP contribution in [0.3, 0.4) is 0 Å². The molecule has 0 aliphatic carbocycles. The van der Waals surface area contributed by atoms with Gasteiger partial charge in [0.25, 0.3) is 0 Å². The molecule has 5 nitrogen and oxygen atoms in total. The van der Waals surface area contributed by atoms with Crippen LogP contribution in [0, 0.1) is 18.8 Å². The molecule has 2 heterocycles. The van der Waals surface area contributed by atoms with Crippen molar-refractivity contribution >= 4 is 11.4 Å². The standard InChI is InChI=1S/C23H27FN4O/c1-19-25-18-23(28-14-16-29-17-15-28)5-3-4-21(26-19)9-6-20-7-10-22(11-8-20)27(2)13-12-24/h3-5,7-8,10-11,18H,12-17H2,1-2H3,(H,25,26). The molecule has 1 saturated heterocycles. The molecule has 0 bridgehead atoms. The number of nitrogens with one attached hydrogen (secondary N) is 1. The van der Waals surface area contributed by atoms with Gasteiger partial charge in [-0.1, -0.05) is 12.0 Å². The number of hydrogen-bond acceptors (Lipinski definition) is 4. The molecule has 0 atom stereocenters. The van der Waals surface area contributed by atoms with Crippen LogP contribution in [0.2, 0.25) is 0 Å². The Morgan fingerprint density at radius 2 is 1.90 bits per heavy atom. The largest absolute Gasteiger partial charge is 0.378 e. The smallest absolute Gasteiger partial charge is 0.107 e. The van der Waals surface area contributed by atoms with E-state index >= 15 is 0 Å². The SMILES string of the molecule is Cc1ncc(N2CCOCC2)cccc(C#Cc2ccc(N(C)CCF)cc2)[nH]1. The van der Waals surface area contributed by atoms with E-state index in [9.17, 15) is 4.39 Å². The van der Waals surface area contributed by atoms with E-state index in [2.05, 4.69) is 26.7 Å². The molecule has 0 spiro atoms. The zero-order valence-electron chi connectivity index (χ0n) is 17.0. The molecule has 1 aromatic heterocycles. The first-order valence-electron chi connectivity index (χ1n) is 9.77. The molecule has 0 amide bonds. The maximum Gasteiger partial charge on any atom is 0.107 e. The van der Waals surface area contributed by atoms with Gasteiger partial charge in [-0.15, -0.1) is 0 Å². The molecule has 1 aromatic carbocycles. The molecule has 1 aliphatic rings. The van der Waals surface area contributed by atoms with Crippen molar-refractivity contribution < 1.29 is 9.13 Å². The second kappa shape index (κ2) is 10.5. The van der Waals surface area contributed by atoms with Gasteiger partial charge in [-0.05, 0) is 49.2 Å². The minimum atomic E-state index is -0.367. The van der Waals surface area contributed by atoms with Crippen molar-refractivity contribution in [2.75, 3.05) is 56.4 Å². The van der Waals surface area contributed by atoms with E-state index in [1.165, 1.54) is 0 Å². The summed E-state index contributed by atoms with van der Waals surface area (Å²) in [6.45, 7) is 5.14. The maximum absolute atomic E-state index is 12.5. The lowest BCUT2D eigenvalue weighted by Crippen LogP contribution is -2.36. The van der Waals surface area contributed by atoms with Crippen LogP contribution in [0.1, 0.15) is 17.1 Å². The third-order valence-corrected chi connectivity index (χ3v) is 4.68. The number of rotatable bonds is 4. The highest BCUT2D eigenvalue weighted by Gasteiger charge is 2.10. The molecule has 0 saturated carbocycles. The summed E-state index contributed by atoms with van der Waals surface area (Å²) in [5, 5.41) is 0. The highest BCUT2D eigenvalue weighted by Crippen LogP contribution is 2.14. The van der Waals surface area contributed by atoms with Crippen LogP contribution in [-0.4, -0.2) is 56.5 Å². The van der Waals surface area contributed by atoms with Crippen molar-refractivity contribution in [1.82, 2.24) is 9.97 Å². The summed E-state index contributed by atoms with van der Waals surface area (Å²) < 4.78 is 17.9. The first kappa shape index (κ1) is 20.7. The first-order chi connectivity index (χ1) is 14.2. The number of aryl methyl sites for hydroxylation is 1. The second-order valence-corrected chi connectivity index (χ2v) is 6.84. The van der Waals surface area contributed by atoms with Crippen LogP contribution in [0.4, 0.5) is 15.8 Å². The van der Waals surface area contributed by atoms with E-state index in [0.717, 1.165) is 54.8 Å². The summed E-state index contributed by atoms with van der Waals surface area (Å²) in [5.41, 5.74) is 3.71. The first-order valence-corrected chi connectivity index (χ1v) is 9.77. The Balaban J connectivity index is 1.80. The van der Waals surface area contributed by atoms with E-state index in [-0.39, 0.29) is 6.67 Å². The van der Waals surface area contributed by atoms with Crippen molar-refractivity contribution in [3.63, 3.8) is 0 Å². The third kappa shape index (κ3) is 6.23. The molecule has 0 radical (unpaired) electrons. The molecule has 29 heavy (non-hydrogen) atoms. The number of anilines is 2. The molecule has 0 unspecified atom stereocenters. The van der Waals surface area contributed by atoms with Gasteiger partial charge in [0.1, 0.15) is 12.5 Å². The Hall–Kier alpha value is -3.04. The van der Waals surface area contributed by atoms with Crippen molar-refractivity contribution in [2.24, 2.45) is 0 Å². The summed E-state index contributed by atoms with van der Waals surface area (Å²) in [6.07, 6.45) is 1.88. The monoisotopic (exact) mass is 394 g/mol. The summed E-state index contributed by atoms with van der Waals surface area (Å²) in [7, 11) is 1.88. The molecule has 2 aromatic rings. The lowest BCUT2D eigenvalue weighted by molar-refractivity contribution is 0.122. The molecular weight excluding hydrogens is 367 g/mol. The topological polar surface area (TPSA) is 44.4 Å². The van der Waals surface area contributed by atoms with Crippen molar-refractivity contribution in [3.8, 4) is 11.8 Å². The Bertz CT molecular complexity index is 906. The normalized spacial score (nSPS) is 13.3. The Morgan fingerprint density at radius 1 is 1.14 bits per heavy atom. The van der Waals surface area contributed by atoms with Gasteiger partial charge in [0, 0.05) is 37.9 Å². The minimum absolute atomic E-state index is 0.367. The van der Waals surface area contributed by atoms with E-state index in [1.54, 1.807) is 0 Å². The number of benzene rings is 1. The number of alkyl halides is 1. The average Bonchev–Trinajstić information content (AvgIpc) is 2.84. The molecule has 3 rings (SSSR count). The number of H-pyrrole nitrogens is 1. The van der Waals surface area contributed by atoms with Crippen molar-refractivity contribution in [1.29, 1.82) is 0 Å². The lowest BCUT2D eigenvalue weighted by atomic mass is 10.2. The van der Waals surface area contributed by atoms with Crippen molar-refractivity contribution in [2.45, 2.75) is 6.92 Å². The maximum atomic E-state index is 12.5. The van der Waals surface area contributed by atoms with Gasteiger partial charge in [0.05, 0.1) is 30.8 Å². The third-order valence-electron chi connectivity index (χ3n) is 4.68. The van der Waals surface area contributed by atoms with Gasteiger partial charge in [0.2, 0.25) is 0 Å². The van der Waals surface area contributed by atoms with E-state index in [1.807, 2.05) is 67.5 Å². The fourth-order valence-corrected chi connectivity index (χ4v) is 2.99. The predicted molar refractivity (Wildman–Crippen MR) is 116 cm³/mol. The van der Waals surface area contributed by atoms with Gasteiger partial charge in [-0.3, -0.25) is 0 Å². The summed E-state index contributed by atoms with van der Waals surface area (Å²) in [4.78, 5) is 11.9. The van der Waals surface area contributed by atoms with Crippen LogP contribution in [0.25, 0.3) is 0 Å². The number of halogens is 1. The minimum Gasteiger partial charge on any atom is -0.378 e. The molecule has 6 heteroatoms. The summed E-state index contributed by atoms with van der Waals surface area (Å²) in [5.74, 6) is 7.12. The van der Waals surface area contributed by atoms with Crippen LogP contribution in [0.15, 0.2) is 48.7 Å². The number of hydrogen-bond donors (Lipinski definition) is 1. The number of ether oxygens (including phenoxy) is 1. The van der Waals surface area contributed by atoms with Crippen molar-refractivity contribution in [3.05, 3.63) is 65.7 Å². The highest BCUT2D eigenvalue weighted by molar-refractivity contribution is 5.51. The fourth-order valence-electron chi connectivity index (χ4n) is 2.99. The van der Waals surface area contributed by atoms with Crippen LogP contribution in [-0.2, 0) is 4.74 Å². The zero-order valence-corrected chi connectivity index (χ0v) is 17.0. The summed E-state index contributed by atoms with van der Waals surface area (Å²) in [6, 6.07) is 13.8. The second-order valence-electron chi connectivity index (χ2n) is 6.84. The molecule has 1 aliphatic heterocycles. The predicted octanol–water partition coefficient (Wildman–Crippen LogP) is 3.48. The highest BCUT2D eigenvalue weighted by atomic mass is 19.1. The van der Waals surface area contributed by atoms with Gasteiger partial charge in [-0.25, -0.2) is 9.37 Å². The Morgan fingerprint density at radius 3 is 2.62 bits per heavy atom. The molecule has 152 valence electrons. The molecular formula is C23H27FN4O. The van der Waals surface area contributed by atoms with Crippen LogP contribution in [0.5, 0.6) is 0 Å². The van der Waals surface area contributed by atoms with E-state index in [4.69, 9.17) is 4.74 Å². The number of aromatic amines is 1. The van der Waals surface area contributed by atoms with E-state index in [0.29, 0.717) is 6.54 Å². The summed E-state index contributed by atoms with van der Waals surface area (Å²) >= 11 is 0. The molecule has 1 N–H and O–H groups in total. The Kier molecular flexibility index (Phi) is 7.48. The zero-order chi connectivity index (χ0) is 20.5. The van der Waals surface area contributed by atoms with Crippen LogP contribution < -0.4 is 9.80 Å². The van der Waals surface area contributed by atoms with Gasteiger partial charge < -0.3 is 19.5 Å². The Labute approximate surface area is 171 Å². The fraction of sp³-hybridized carbons (Fsp3) is 0.348. The molecule has 1 fully saturated rings.